The molecule has 1 aliphatic heterocycles. The summed E-state index contributed by atoms with van der Waals surface area (Å²) in [6, 6.07) is 7.91. The highest BCUT2D eigenvalue weighted by Gasteiger charge is 2.18. The molecule has 0 aliphatic carbocycles. The van der Waals surface area contributed by atoms with Crippen molar-refractivity contribution in [3.63, 3.8) is 0 Å². The number of nitrogens with one attached hydrogen (secondary N) is 1. The van der Waals surface area contributed by atoms with Crippen molar-refractivity contribution in [2.75, 3.05) is 53.5 Å². The van der Waals surface area contributed by atoms with E-state index >= 15 is 0 Å². The van der Waals surface area contributed by atoms with Gasteiger partial charge in [0.25, 0.3) is 5.91 Å². The highest BCUT2D eigenvalue weighted by molar-refractivity contribution is 5.95. The zero-order chi connectivity index (χ0) is 15.1. The number of morpholine rings is 1. The lowest BCUT2D eigenvalue weighted by atomic mass is 10.1. The largest absolute Gasteiger partial charge is 0.379 e. The van der Waals surface area contributed by atoms with E-state index in [9.17, 15) is 4.79 Å². The number of ether oxygens (including phenoxy) is 1. The van der Waals surface area contributed by atoms with E-state index in [4.69, 9.17) is 4.74 Å². The van der Waals surface area contributed by atoms with E-state index < -0.39 is 0 Å². The molecule has 0 unspecified atom stereocenters. The maximum absolute atomic E-state index is 12.6. The molecular weight excluding hydrogens is 266 g/mol. The van der Waals surface area contributed by atoms with Crippen LogP contribution in [0.25, 0.3) is 0 Å². The standard InChI is InChI=1S/C16H25N3O2/c1-17-7-8-18(2)16(20)15-6-4-3-5-14(15)13-19-9-11-21-12-10-19/h3-6,17H,7-13H2,1-2H3. The summed E-state index contributed by atoms with van der Waals surface area (Å²) in [4.78, 5) is 16.7. The molecule has 0 atom stereocenters. The third kappa shape index (κ3) is 4.52. The van der Waals surface area contributed by atoms with Crippen molar-refractivity contribution in [1.82, 2.24) is 15.1 Å². The first kappa shape index (κ1) is 15.9. The third-order valence-electron chi connectivity index (χ3n) is 3.79. The van der Waals surface area contributed by atoms with Crippen LogP contribution in [0, 0.1) is 0 Å². The normalized spacial score (nSPS) is 15.9. The van der Waals surface area contributed by atoms with Crippen molar-refractivity contribution in [3.05, 3.63) is 35.4 Å². The molecule has 2 rings (SSSR count). The SMILES string of the molecule is CNCCN(C)C(=O)c1ccccc1CN1CCOCC1. The van der Waals surface area contributed by atoms with Crippen molar-refractivity contribution in [2.45, 2.75) is 6.54 Å². The van der Waals surface area contributed by atoms with E-state index in [1.54, 1.807) is 4.90 Å². The zero-order valence-electron chi connectivity index (χ0n) is 13.0. The van der Waals surface area contributed by atoms with E-state index in [-0.39, 0.29) is 5.91 Å². The number of carbonyl (C=O) groups excluding carboxylic acids is 1. The average molecular weight is 291 g/mol. The summed E-state index contributed by atoms with van der Waals surface area (Å²) in [6.45, 7) is 5.73. The second-order valence-corrected chi connectivity index (χ2v) is 5.38. The smallest absolute Gasteiger partial charge is 0.253 e. The molecule has 1 aliphatic rings. The summed E-state index contributed by atoms with van der Waals surface area (Å²) in [7, 11) is 3.75. The van der Waals surface area contributed by atoms with Crippen LogP contribution in [0.3, 0.4) is 0 Å². The molecule has 1 N–H and O–H groups in total. The molecule has 5 nitrogen and oxygen atoms in total. The molecule has 1 heterocycles. The summed E-state index contributed by atoms with van der Waals surface area (Å²) in [5.74, 6) is 0.0918. The van der Waals surface area contributed by atoms with Crippen LogP contribution in [0.2, 0.25) is 0 Å². The Bertz CT molecular complexity index is 459. The number of benzene rings is 1. The maximum atomic E-state index is 12.6. The van der Waals surface area contributed by atoms with Gasteiger partial charge in [-0.25, -0.2) is 0 Å². The monoisotopic (exact) mass is 291 g/mol. The second kappa shape index (κ2) is 8.12. The summed E-state index contributed by atoms with van der Waals surface area (Å²) in [5.41, 5.74) is 1.91. The Morgan fingerprint density at radius 2 is 2.05 bits per heavy atom. The quantitative estimate of drug-likeness (QED) is 0.842. The van der Waals surface area contributed by atoms with E-state index in [1.807, 2.05) is 32.3 Å². The van der Waals surface area contributed by atoms with E-state index in [0.29, 0.717) is 6.54 Å². The Labute approximate surface area is 126 Å². The molecule has 0 saturated carbocycles. The summed E-state index contributed by atoms with van der Waals surface area (Å²) in [5, 5.41) is 3.07. The van der Waals surface area contributed by atoms with Gasteiger partial charge >= 0.3 is 0 Å². The molecule has 0 aromatic heterocycles. The van der Waals surface area contributed by atoms with Crippen molar-refractivity contribution in [2.24, 2.45) is 0 Å². The highest BCUT2D eigenvalue weighted by Crippen LogP contribution is 2.14. The molecule has 5 heteroatoms. The van der Waals surface area contributed by atoms with Gasteiger partial charge in [0.05, 0.1) is 13.2 Å². The lowest BCUT2D eigenvalue weighted by Gasteiger charge is -2.27. The number of likely N-dealkylation sites (N-methyl/N-ethyl adjacent to an activating group) is 2. The fraction of sp³-hybridized carbons (Fsp3) is 0.562. The molecule has 1 aromatic carbocycles. The topological polar surface area (TPSA) is 44.8 Å². The highest BCUT2D eigenvalue weighted by atomic mass is 16.5. The van der Waals surface area contributed by atoms with E-state index in [1.165, 1.54) is 0 Å². The summed E-state index contributed by atoms with van der Waals surface area (Å²) in [6.07, 6.45) is 0. The van der Waals surface area contributed by atoms with Crippen molar-refractivity contribution in [3.8, 4) is 0 Å². The van der Waals surface area contributed by atoms with Crippen molar-refractivity contribution < 1.29 is 9.53 Å². The van der Waals surface area contributed by atoms with Crippen LogP contribution < -0.4 is 5.32 Å². The fourth-order valence-corrected chi connectivity index (χ4v) is 2.45. The van der Waals surface area contributed by atoms with Crippen molar-refractivity contribution >= 4 is 5.91 Å². The number of hydrogen-bond acceptors (Lipinski definition) is 4. The molecule has 0 spiro atoms. The Morgan fingerprint density at radius 1 is 1.33 bits per heavy atom. The van der Waals surface area contributed by atoms with Crippen LogP contribution in [-0.2, 0) is 11.3 Å². The van der Waals surface area contributed by atoms with E-state index in [0.717, 1.165) is 50.5 Å². The maximum Gasteiger partial charge on any atom is 0.253 e. The average Bonchev–Trinajstić information content (AvgIpc) is 2.53. The first-order valence-corrected chi connectivity index (χ1v) is 7.50. The number of hydrogen-bond donors (Lipinski definition) is 1. The number of amides is 1. The lowest BCUT2D eigenvalue weighted by molar-refractivity contribution is 0.0340. The van der Waals surface area contributed by atoms with Gasteiger partial charge in [-0.05, 0) is 18.7 Å². The van der Waals surface area contributed by atoms with Gasteiger partial charge in [0.2, 0.25) is 0 Å². The molecule has 116 valence electrons. The molecule has 0 radical (unpaired) electrons. The Kier molecular flexibility index (Phi) is 6.17. The molecule has 1 fully saturated rings. The molecule has 1 amide bonds. The van der Waals surface area contributed by atoms with Crippen LogP contribution in [0.4, 0.5) is 0 Å². The first-order valence-electron chi connectivity index (χ1n) is 7.50. The van der Waals surface area contributed by atoms with Gasteiger partial charge in [0.1, 0.15) is 0 Å². The molecular formula is C16H25N3O2. The van der Waals surface area contributed by atoms with Gasteiger partial charge in [0.15, 0.2) is 0 Å². The number of rotatable bonds is 6. The molecule has 0 bridgehead atoms. The minimum absolute atomic E-state index is 0.0918. The second-order valence-electron chi connectivity index (χ2n) is 5.38. The predicted octanol–water partition coefficient (Wildman–Crippen LogP) is 0.810. The zero-order valence-corrected chi connectivity index (χ0v) is 13.0. The lowest BCUT2D eigenvalue weighted by Crippen LogP contribution is -2.37. The van der Waals surface area contributed by atoms with Crippen LogP contribution in [0.5, 0.6) is 0 Å². The van der Waals surface area contributed by atoms with Gasteiger partial charge < -0.3 is 15.0 Å². The van der Waals surface area contributed by atoms with Crippen molar-refractivity contribution in [1.29, 1.82) is 0 Å². The predicted molar refractivity (Wildman–Crippen MR) is 83.4 cm³/mol. The Hall–Kier alpha value is -1.43. The van der Waals surface area contributed by atoms with Gasteiger partial charge in [-0.2, -0.15) is 0 Å². The van der Waals surface area contributed by atoms with Crippen LogP contribution in [0.15, 0.2) is 24.3 Å². The fourth-order valence-electron chi connectivity index (χ4n) is 2.45. The van der Waals surface area contributed by atoms with Gasteiger partial charge in [-0.3, -0.25) is 9.69 Å². The minimum atomic E-state index is 0.0918. The third-order valence-corrected chi connectivity index (χ3v) is 3.79. The summed E-state index contributed by atoms with van der Waals surface area (Å²) >= 11 is 0. The molecule has 21 heavy (non-hydrogen) atoms. The molecule has 1 aromatic rings. The van der Waals surface area contributed by atoms with Crippen LogP contribution in [-0.4, -0.2) is 69.2 Å². The summed E-state index contributed by atoms with van der Waals surface area (Å²) < 4.78 is 5.37. The Balaban J connectivity index is 2.06. The molecule has 1 saturated heterocycles. The minimum Gasteiger partial charge on any atom is -0.379 e. The van der Waals surface area contributed by atoms with Gasteiger partial charge in [-0.15, -0.1) is 0 Å². The number of nitrogens with zero attached hydrogens (tertiary/aromatic N) is 2. The first-order chi connectivity index (χ1) is 10.2. The van der Waals surface area contributed by atoms with Gasteiger partial charge in [0, 0.05) is 45.3 Å². The van der Waals surface area contributed by atoms with Crippen LogP contribution in [0.1, 0.15) is 15.9 Å². The van der Waals surface area contributed by atoms with Crippen LogP contribution >= 0.6 is 0 Å². The van der Waals surface area contributed by atoms with Gasteiger partial charge in [-0.1, -0.05) is 18.2 Å². The number of carbonyl (C=O) groups is 1. The van der Waals surface area contributed by atoms with E-state index in [2.05, 4.69) is 16.3 Å². The Morgan fingerprint density at radius 3 is 2.76 bits per heavy atom.